The van der Waals surface area contributed by atoms with Gasteiger partial charge in [-0.2, -0.15) is 0 Å². The first-order chi connectivity index (χ1) is 8.79. The Morgan fingerprint density at radius 3 is 2.67 bits per heavy atom. The Morgan fingerprint density at radius 1 is 1.22 bits per heavy atom. The SMILES string of the molecule is CCOC(=O)c1coc2cc3ccccc3cc12. The maximum atomic E-state index is 11.8. The monoisotopic (exact) mass is 240 g/mol. The van der Waals surface area contributed by atoms with Crippen LogP contribution in [0.25, 0.3) is 21.7 Å². The minimum atomic E-state index is -0.341. The molecule has 1 aromatic heterocycles. The number of benzene rings is 2. The topological polar surface area (TPSA) is 39.4 Å². The first kappa shape index (κ1) is 10.8. The van der Waals surface area contributed by atoms with Gasteiger partial charge in [0, 0.05) is 5.39 Å². The summed E-state index contributed by atoms with van der Waals surface area (Å²) in [4.78, 5) is 11.8. The van der Waals surface area contributed by atoms with Gasteiger partial charge in [-0.1, -0.05) is 24.3 Å². The van der Waals surface area contributed by atoms with E-state index in [1.165, 1.54) is 6.26 Å². The minimum Gasteiger partial charge on any atom is -0.463 e. The van der Waals surface area contributed by atoms with Crippen molar-refractivity contribution in [1.29, 1.82) is 0 Å². The van der Waals surface area contributed by atoms with Gasteiger partial charge in [-0.25, -0.2) is 4.79 Å². The number of hydrogen-bond acceptors (Lipinski definition) is 3. The Hall–Kier alpha value is -2.29. The first-order valence-corrected chi connectivity index (χ1v) is 5.86. The molecule has 0 bridgehead atoms. The predicted molar refractivity (Wildman–Crippen MR) is 69.7 cm³/mol. The van der Waals surface area contributed by atoms with Crippen LogP contribution in [0.15, 0.2) is 47.1 Å². The zero-order valence-electron chi connectivity index (χ0n) is 9.97. The first-order valence-electron chi connectivity index (χ1n) is 5.86. The molecule has 0 radical (unpaired) electrons. The molecule has 3 aromatic rings. The molecule has 18 heavy (non-hydrogen) atoms. The van der Waals surface area contributed by atoms with E-state index in [-0.39, 0.29) is 5.97 Å². The third kappa shape index (κ3) is 1.64. The summed E-state index contributed by atoms with van der Waals surface area (Å²) in [5.74, 6) is -0.341. The standard InChI is InChI=1S/C15H12O3/c1-2-17-15(16)13-9-18-14-8-11-6-4-3-5-10(11)7-12(13)14/h3-9H,2H2,1H3. The molecular formula is C15H12O3. The lowest BCUT2D eigenvalue weighted by atomic mass is 10.1. The highest BCUT2D eigenvalue weighted by Gasteiger charge is 2.15. The van der Waals surface area contributed by atoms with Gasteiger partial charge in [0.15, 0.2) is 0 Å². The van der Waals surface area contributed by atoms with Gasteiger partial charge in [-0.15, -0.1) is 0 Å². The Morgan fingerprint density at radius 2 is 1.94 bits per heavy atom. The number of hydrogen-bond donors (Lipinski definition) is 0. The van der Waals surface area contributed by atoms with Gasteiger partial charge >= 0.3 is 5.97 Å². The van der Waals surface area contributed by atoms with Gasteiger partial charge in [0.05, 0.1) is 6.61 Å². The number of furan rings is 1. The molecule has 3 rings (SSSR count). The van der Waals surface area contributed by atoms with Crippen LogP contribution in [0, 0.1) is 0 Å². The van der Waals surface area contributed by atoms with Crippen LogP contribution in [-0.2, 0) is 4.74 Å². The van der Waals surface area contributed by atoms with E-state index in [1.54, 1.807) is 6.92 Å². The van der Waals surface area contributed by atoms with Crippen LogP contribution in [-0.4, -0.2) is 12.6 Å². The van der Waals surface area contributed by atoms with E-state index >= 15 is 0 Å². The normalized spacial score (nSPS) is 10.9. The number of carbonyl (C=O) groups is 1. The summed E-state index contributed by atoms with van der Waals surface area (Å²) in [7, 11) is 0. The lowest BCUT2D eigenvalue weighted by molar-refractivity contribution is 0.0527. The third-order valence-electron chi connectivity index (χ3n) is 2.94. The molecule has 0 aliphatic rings. The van der Waals surface area contributed by atoms with E-state index in [0.717, 1.165) is 16.2 Å². The maximum Gasteiger partial charge on any atom is 0.342 e. The van der Waals surface area contributed by atoms with Crippen molar-refractivity contribution in [3.8, 4) is 0 Å². The van der Waals surface area contributed by atoms with Crippen molar-refractivity contribution < 1.29 is 13.9 Å². The van der Waals surface area contributed by atoms with Crippen molar-refractivity contribution in [3.63, 3.8) is 0 Å². The molecule has 0 aliphatic carbocycles. The molecule has 0 atom stereocenters. The van der Waals surface area contributed by atoms with E-state index in [1.807, 2.05) is 36.4 Å². The summed E-state index contributed by atoms with van der Waals surface area (Å²) in [6.45, 7) is 2.15. The molecule has 0 saturated carbocycles. The summed E-state index contributed by atoms with van der Waals surface area (Å²) >= 11 is 0. The molecule has 3 nitrogen and oxygen atoms in total. The summed E-state index contributed by atoms with van der Waals surface area (Å²) < 4.78 is 10.4. The quantitative estimate of drug-likeness (QED) is 0.640. The van der Waals surface area contributed by atoms with Crippen LogP contribution in [0.1, 0.15) is 17.3 Å². The van der Waals surface area contributed by atoms with E-state index < -0.39 is 0 Å². The number of ether oxygens (including phenoxy) is 1. The molecule has 0 saturated heterocycles. The van der Waals surface area contributed by atoms with E-state index in [2.05, 4.69) is 0 Å². The largest absolute Gasteiger partial charge is 0.463 e. The second kappa shape index (κ2) is 4.18. The average molecular weight is 240 g/mol. The molecular weight excluding hydrogens is 228 g/mol. The van der Waals surface area contributed by atoms with E-state index in [9.17, 15) is 4.79 Å². The molecule has 0 spiro atoms. The Labute approximate surface area is 104 Å². The zero-order chi connectivity index (χ0) is 12.5. The Balaban J connectivity index is 2.23. The molecule has 3 heteroatoms. The van der Waals surface area contributed by atoms with Gasteiger partial charge in [-0.05, 0) is 29.8 Å². The van der Waals surface area contributed by atoms with Gasteiger partial charge in [0.25, 0.3) is 0 Å². The summed E-state index contributed by atoms with van der Waals surface area (Å²) in [5, 5.41) is 2.97. The molecule has 90 valence electrons. The summed E-state index contributed by atoms with van der Waals surface area (Å²) in [6.07, 6.45) is 1.46. The van der Waals surface area contributed by atoms with Gasteiger partial charge in [-0.3, -0.25) is 0 Å². The van der Waals surface area contributed by atoms with Crippen molar-refractivity contribution in [2.75, 3.05) is 6.61 Å². The van der Waals surface area contributed by atoms with Crippen LogP contribution in [0.3, 0.4) is 0 Å². The van der Waals surface area contributed by atoms with Crippen LogP contribution in [0.4, 0.5) is 0 Å². The van der Waals surface area contributed by atoms with Crippen molar-refractivity contribution in [1.82, 2.24) is 0 Å². The molecule has 2 aromatic carbocycles. The van der Waals surface area contributed by atoms with E-state index in [4.69, 9.17) is 9.15 Å². The van der Waals surface area contributed by atoms with Crippen molar-refractivity contribution in [3.05, 3.63) is 48.2 Å². The number of fused-ring (bicyclic) bond motifs is 2. The second-order valence-electron chi connectivity index (χ2n) is 4.07. The molecule has 0 aliphatic heterocycles. The van der Waals surface area contributed by atoms with Crippen molar-refractivity contribution in [2.45, 2.75) is 6.92 Å². The summed E-state index contributed by atoms with van der Waals surface area (Å²) in [6, 6.07) is 11.9. The highest BCUT2D eigenvalue weighted by atomic mass is 16.5. The highest BCUT2D eigenvalue weighted by Crippen LogP contribution is 2.27. The third-order valence-corrected chi connectivity index (χ3v) is 2.94. The average Bonchev–Trinajstić information content (AvgIpc) is 2.79. The maximum absolute atomic E-state index is 11.8. The number of carbonyl (C=O) groups excluding carboxylic acids is 1. The minimum absolute atomic E-state index is 0.341. The Bertz CT molecular complexity index is 725. The number of rotatable bonds is 2. The Kier molecular flexibility index (Phi) is 2.52. The molecule has 0 N–H and O–H groups in total. The molecule has 1 heterocycles. The van der Waals surface area contributed by atoms with Gasteiger partial charge in [0.1, 0.15) is 17.4 Å². The van der Waals surface area contributed by atoms with E-state index in [0.29, 0.717) is 17.8 Å². The van der Waals surface area contributed by atoms with Crippen LogP contribution in [0.2, 0.25) is 0 Å². The van der Waals surface area contributed by atoms with Crippen LogP contribution < -0.4 is 0 Å². The zero-order valence-corrected chi connectivity index (χ0v) is 9.97. The fraction of sp³-hybridized carbons (Fsp3) is 0.133. The number of esters is 1. The van der Waals surface area contributed by atoms with Gasteiger partial charge < -0.3 is 9.15 Å². The smallest absolute Gasteiger partial charge is 0.342 e. The lowest BCUT2D eigenvalue weighted by Gasteiger charge is -2.00. The molecule has 0 unspecified atom stereocenters. The fourth-order valence-corrected chi connectivity index (χ4v) is 2.08. The molecule has 0 fully saturated rings. The second-order valence-corrected chi connectivity index (χ2v) is 4.07. The lowest BCUT2D eigenvalue weighted by Crippen LogP contribution is -2.03. The highest BCUT2D eigenvalue weighted by molar-refractivity contribution is 6.07. The van der Waals surface area contributed by atoms with Crippen molar-refractivity contribution >= 4 is 27.7 Å². The van der Waals surface area contributed by atoms with Crippen LogP contribution >= 0.6 is 0 Å². The summed E-state index contributed by atoms with van der Waals surface area (Å²) in [5.41, 5.74) is 1.19. The predicted octanol–water partition coefficient (Wildman–Crippen LogP) is 3.76. The fourth-order valence-electron chi connectivity index (χ4n) is 2.08. The van der Waals surface area contributed by atoms with Gasteiger partial charge in [0.2, 0.25) is 0 Å². The van der Waals surface area contributed by atoms with Crippen LogP contribution in [0.5, 0.6) is 0 Å². The molecule has 0 amide bonds. The van der Waals surface area contributed by atoms with Crippen molar-refractivity contribution in [2.24, 2.45) is 0 Å².